The summed E-state index contributed by atoms with van der Waals surface area (Å²) in [6.45, 7) is 0.238. The lowest BCUT2D eigenvalue weighted by molar-refractivity contribution is -0.390. The minimum Gasteiger partial charge on any atom is -0.364 e. The summed E-state index contributed by atoms with van der Waals surface area (Å²) in [5, 5.41) is 10.3. The molecule has 12 heavy (non-hydrogen) atoms. The third-order valence-electron chi connectivity index (χ3n) is 1.20. The molecule has 66 valence electrons. The Morgan fingerprint density at radius 3 is 3.00 bits per heavy atom. The van der Waals surface area contributed by atoms with Gasteiger partial charge in [0.15, 0.2) is 4.60 Å². The van der Waals surface area contributed by atoms with E-state index in [0.29, 0.717) is 4.60 Å². The van der Waals surface area contributed by atoms with Crippen molar-refractivity contribution in [1.82, 2.24) is 9.55 Å². The molecule has 1 rings (SSSR count). The summed E-state index contributed by atoms with van der Waals surface area (Å²) >= 11 is 3.03. The summed E-state index contributed by atoms with van der Waals surface area (Å²) < 4.78 is 6.57. The maximum atomic E-state index is 10.3. The summed E-state index contributed by atoms with van der Waals surface area (Å²) in [7, 11) is 1.50. The number of aromatic nitrogens is 2. The maximum absolute atomic E-state index is 10.3. The number of methoxy groups -OCH3 is 1. The van der Waals surface area contributed by atoms with E-state index in [2.05, 4.69) is 20.9 Å². The Kier molecular flexibility index (Phi) is 2.77. The van der Waals surface area contributed by atoms with Crippen molar-refractivity contribution in [2.45, 2.75) is 6.73 Å². The molecule has 0 aromatic carbocycles. The van der Waals surface area contributed by atoms with E-state index >= 15 is 0 Å². The molecule has 6 nitrogen and oxygen atoms in total. The molecule has 0 bridgehead atoms. The van der Waals surface area contributed by atoms with E-state index in [1.807, 2.05) is 0 Å². The van der Waals surface area contributed by atoms with Crippen molar-refractivity contribution < 1.29 is 9.66 Å². The maximum Gasteiger partial charge on any atom is 0.396 e. The van der Waals surface area contributed by atoms with Gasteiger partial charge in [0.05, 0.1) is 0 Å². The molecule has 1 aromatic heterocycles. The lowest BCUT2D eigenvalue weighted by Crippen LogP contribution is -1.98. The number of nitro groups is 1. The smallest absolute Gasteiger partial charge is 0.364 e. The molecular formula is C5H6BrN3O3. The first-order chi connectivity index (χ1) is 5.66. The Balaban J connectivity index is 2.96. The van der Waals surface area contributed by atoms with E-state index in [1.165, 1.54) is 18.0 Å². The second-order valence-corrected chi connectivity index (χ2v) is 2.75. The van der Waals surface area contributed by atoms with E-state index in [0.717, 1.165) is 0 Å². The molecule has 0 saturated heterocycles. The second kappa shape index (κ2) is 3.63. The van der Waals surface area contributed by atoms with Gasteiger partial charge in [0, 0.05) is 7.11 Å². The molecule has 0 amide bonds. The van der Waals surface area contributed by atoms with Crippen LogP contribution in [0.1, 0.15) is 0 Å². The van der Waals surface area contributed by atoms with Crippen molar-refractivity contribution in [3.63, 3.8) is 0 Å². The highest BCUT2D eigenvalue weighted by Crippen LogP contribution is 2.22. The van der Waals surface area contributed by atoms with Crippen LogP contribution in [0, 0.1) is 10.1 Å². The standard InChI is InChI=1S/C5H6BrN3O3/c1-12-3-8-2-7-5(4(8)6)9(10)11/h2H,3H2,1H3. The van der Waals surface area contributed by atoms with Gasteiger partial charge in [-0.15, -0.1) is 0 Å². The van der Waals surface area contributed by atoms with Crippen molar-refractivity contribution in [3.05, 3.63) is 21.0 Å². The number of ether oxygens (including phenoxy) is 1. The first-order valence-corrected chi connectivity index (χ1v) is 3.80. The van der Waals surface area contributed by atoms with Gasteiger partial charge in [-0.25, -0.2) is 0 Å². The zero-order chi connectivity index (χ0) is 9.14. The lowest BCUT2D eigenvalue weighted by atomic mass is 10.8. The quantitative estimate of drug-likeness (QED) is 0.583. The summed E-state index contributed by atoms with van der Waals surface area (Å²) in [5.74, 6) is -0.202. The van der Waals surface area contributed by atoms with Crippen LogP contribution in [-0.4, -0.2) is 21.6 Å². The van der Waals surface area contributed by atoms with Gasteiger partial charge < -0.3 is 14.9 Å². The molecule has 0 aliphatic carbocycles. The van der Waals surface area contributed by atoms with Gasteiger partial charge in [0.2, 0.25) is 6.33 Å². The average Bonchev–Trinajstić information content (AvgIpc) is 2.34. The number of halogens is 1. The molecule has 0 aliphatic rings. The van der Waals surface area contributed by atoms with Gasteiger partial charge in [0.25, 0.3) is 0 Å². The van der Waals surface area contributed by atoms with Gasteiger partial charge >= 0.3 is 5.82 Å². The van der Waals surface area contributed by atoms with E-state index in [1.54, 1.807) is 0 Å². The molecule has 0 spiro atoms. The lowest BCUT2D eigenvalue weighted by Gasteiger charge is -1.97. The third kappa shape index (κ3) is 1.62. The highest BCUT2D eigenvalue weighted by atomic mass is 79.9. The van der Waals surface area contributed by atoms with Crippen LogP contribution in [0.4, 0.5) is 5.82 Å². The summed E-state index contributed by atoms with van der Waals surface area (Å²) in [4.78, 5) is 13.3. The summed E-state index contributed by atoms with van der Waals surface area (Å²) in [6.07, 6.45) is 1.34. The molecule has 0 unspecified atom stereocenters. The molecule has 7 heteroatoms. The van der Waals surface area contributed by atoms with Crippen LogP contribution < -0.4 is 0 Å². The van der Waals surface area contributed by atoms with Gasteiger partial charge in [-0.2, -0.15) is 0 Å². The SMILES string of the molecule is COCn1cnc([N+](=O)[O-])c1Br. The first kappa shape index (κ1) is 9.14. The van der Waals surface area contributed by atoms with Gasteiger partial charge in [-0.05, 0) is 25.8 Å². The average molecular weight is 236 g/mol. The topological polar surface area (TPSA) is 70.2 Å². The van der Waals surface area contributed by atoms with Crippen LogP contribution in [-0.2, 0) is 11.5 Å². The van der Waals surface area contributed by atoms with E-state index in [9.17, 15) is 10.1 Å². The molecule has 0 saturated carbocycles. The normalized spacial score (nSPS) is 10.2. The van der Waals surface area contributed by atoms with E-state index < -0.39 is 4.92 Å². The Morgan fingerprint density at radius 1 is 1.92 bits per heavy atom. The van der Waals surface area contributed by atoms with Crippen molar-refractivity contribution in [2.24, 2.45) is 0 Å². The molecule has 0 fully saturated rings. The predicted octanol–water partition coefficient (Wildman–Crippen LogP) is 1.16. The van der Waals surface area contributed by atoms with Gasteiger partial charge in [0.1, 0.15) is 6.73 Å². The minimum atomic E-state index is -0.559. The third-order valence-corrected chi connectivity index (χ3v) is 2.01. The van der Waals surface area contributed by atoms with Crippen molar-refractivity contribution in [2.75, 3.05) is 7.11 Å². The van der Waals surface area contributed by atoms with E-state index in [4.69, 9.17) is 4.74 Å². The predicted molar refractivity (Wildman–Crippen MR) is 43.6 cm³/mol. The summed E-state index contributed by atoms with van der Waals surface area (Å²) in [6, 6.07) is 0. The highest BCUT2D eigenvalue weighted by Gasteiger charge is 2.18. The zero-order valence-corrected chi connectivity index (χ0v) is 7.81. The Bertz CT molecular complexity index is 298. The first-order valence-electron chi connectivity index (χ1n) is 3.00. The van der Waals surface area contributed by atoms with Gasteiger partial charge in [-0.3, -0.25) is 4.57 Å². The van der Waals surface area contributed by atoms with E-state index in [-0.39, 0.29) is 12.5 Å². The number of imidazole rings is 1. The van der Waals surface area contributed by atoms with Crippen molar-refractivity contribution in [3.8, 4) is 0 Å². The number of hydrogen-bond acceptors (Lipinski definition) is 4. The van der Waals surface area contributed by atoms with Crippen molar-refractivity contribution in [1.29, 1.82) is 0 Å². The summed E-state index contributed by atoms with van der Waals surface area (Å²) in [5.41, 5.74) is 0. The molecule has 1 heterocycles. The molecule has 0 aliphatic heterocycles. The second-order valence-electron chi connectivity index (χ2n) is 2.00. The fraction of sp³-hybridized carbons (Fsp3) is 0.400. The number of nitrogens with zero attached hydrogens (tertiary/aromatic N) is 3. The van der Waals surface area contributed by atoms with Crippen LogP contribution in [0.15, 0.2) is 10.9 Å². The fourth-order valence-electron chi connectivity index (χ4n) is 0.708. The fourth-order valence-corrected chi connectivity index (χ4v) is 1.15. The largest absolute Gasteiger partial charge is 0.396 e. The van der Waals surface area contributed by atoms with Gasteiger partial charge in [-0.1, -0.05) is 0 Å². The monoisotopic (exact) mass is 235 g/mol. The number of hydrogen-bond donors (Lipinski definition) is 0. The molecule has 1 aromatic rings. The zero-order valence-electron chi connectivity index (χ0n) is 6.23. The minimum absolute atomic E-state index is 0.202. The molecule has 0 atom stereocenters. The Morgan fingerprint density at radius 2 is 2.58 bits per heavy atom. The Hall–Kier alpha value is -0.950. The van der Waals surface area contributed by atoms with Crippen LogP contribution in [0.5, 0.6) is 0 Å². The van der Waals surface area contributed by atoms with Crippen LogP contribution in [0.3, 0.4) is 0 Å². The van der Waals surface area contributed by atoms with Crippen LogP contribution in [0.2, 0.25) is 0 Å². The highest BCUT2D eigenvalue weighted by molar-refractivity contribution is 9.10. The van der Waals surface area contributed by atoms with Crippen molar-refractivity contribution >= 4 is 21.7 Å². The molecular weight excluding hydrogens is 230 g/mol. The molecule has 0 radical (unpaired) electrons. The van der Waals surface area contributed by atoms with Crippen LogP contribution >= 0.6 is 15.9 Å². The molecule has 0 N–H and O–H groups in total. The van der Waals surface area contributed by atoms with Crippen LogP contribution in [0.25, 0.3) is 0 Å². The Labute approximate surface area is 76.4 Å². The number of rotatable bonds is 3.